The molecule has 1 aliphatic rings. The second-order valence-electron chi connectivity index (χ2n) is 4.06. The number of nitrogens with one attached hydrogen (secondary N) is 2. The molecule has 1 atom stereocenters. The Hall–Kier alpha value is -0.880. The molecule has 0 aromatic carbocycles. The first kappa shape index (κ1) is 11.6. The maximum absolute atomic E-state index is 11.7. The summed E-state index contributed by atoms with van der Waals surface area (Å²) in [6.07, 6.45) is 0.374. The Bertz CT molecular complexity index is 439. The Morgan fingerprint density at radius 2 is 2.38 bits per heavy atom. The molecule has 86 valence electrons. The van der Waals surface area contributed by atoms with E-state index < -0.39 is 5.54 Å². The average molecular weight is 302 g/mol. The van der Waals surface area contributed by atoms with Gasteiger partial charge in [0.25, 0.3) is 0 Å². The second-order valence-corrected chi connectivity index (χ2v) is 5.89. The highest BCUT2D eigenvalue weighted by molar-refractivity contribution is 9.10. The third kappa shape index (κ3) is 1.87. The maximum atomic E-state index is 11.7. The lowest BCUT2D eigenvalue weighted by Gasteiger charge is -2.38. The van der Waals surface area contributed by atoms with E-state index in [2.05, 4.69) is 21.2 Å². The largest absolute Gasteiger partial charge is 0.345 e. The third-order valence-electron chi connectivity index (χ3n) is 2.72. The van der Waals surface area contributed by atoms with Gasteiger partial charge in [-0.2, -0.15) is 0 Å². The minimum Gasteiger partial charge on any atom is -0.345 e. The van der Waals surface area contributed by atoms with Gasteiger partial charge in [0.2, 0.25) is 5.91 Å². The monoisotopic (exact) mass is 301 g/mol. The van der Waals surface area contributed by atoms with Crippen LogP contribution in [-0.2, 0) is 10.3 Å². The highest BCUT2D eigenvalue weighted by Gasteiger charge is 2.38. The van der Waals surface area contributed by atoms with E-state index in [0.717, 1.165) is 9.35 Å². The van der Waals surface area contributed by atoms with E-state index in [1.165, 1.54) is 4.90 Å². The van der Waals surface area contributed by atoms with Gasteiger partial charge in [-0.05, 0) is 28.9 Å². The second kappa shape index (κ2) is 3.85. The Morgan fingerprint density at radius 1 is 1.69 bits per heavy atom. The van der Waals surface area contributed by atoms with Crippen molar-refractivity contribution in [3.8, 4) is 0 Å². The first-order valence-corrected chi connectivity index (χ1v) is 6.47. The third-order valence-corrected chi connectivity index (χ3v) is 4.67. The number of carbonyl (C=O) groups is 1. The van der Waals surface area contributed by atoms with Gasteiger partial charge in [-0.3, -0.25) is 15.1 Å². The molecule has 1 fully saturated rings. The van der Waals surface area contributed by atoms with Crippen LogP contribution in [0.25, 0.3) is 0 Å². The molecular weight excluding hydrogens is 290 g/mol. The van der Waals surface area contributed by atoms with E-state index in [4.69, 9.17) is 5.41 Å². The number of carbonyl (C=O) groups excluding carboxylic acids is 1. The fourth-order valence-electron chi connectivity index (χ4n) is 1.69. The molecule has 1 aliphatic heterocycles. The molecular formula is C10H12BrN3OS. The van der Waals surface area contributed by atoms with Crippen molar-refractivity contribution in [1.29, 1.82) is 5.41 Å². The van der Waals surface area contributed by atoms with Gasteiger partial charge < -0.3 is 5.32 Å². The van der Waals surface area contributed by atoms with Crippen molar-refractivity contribution in [3.05, 3.63) is 20.8 Å². The molecule has 0 aliphatic carbocycles. The van der Waals surface area contributed by atoms with Crippen LogP contribution in [0.1, 0.15) is 18.2 Å². The molecule has 4 nitrogen and oxygen atoms in total. The van der Waals surface area contributed by atoms with Crippen molar-refractivity contribution in [3.63, 3.8) is 0 Å². The highest BCUT2D eigenvalue weighted by atomic mass is 79.9. The lowest BCUT2D eigenvalue weighted by atomic mass is 9.93. The topological polar surface area (TPSA) is 56.2 Å². The minimum atomic E-state index is -0.461. The molecule has 1 aromatic heterocycles. The maximum Gasteiger partial charge on any atom is 0.231 e. The molecule has 0 unspecified atom stereocenters. The predicted molar refractivity (Wildman–Crippen MR) is 67.6 cm³/mol. The van der Waals surface area contributed by atoms with E-state index in [-0.39, 0.29) is 11.9 Å². The molecule has 1 aromatic rings. The number of hydrogen-bond donors (Lipinski definition) is 2. The average Bonchev–Trinajstić information content (AvgIpc) is 2.62. The molecule has 0 bridgehead atoms. The van der Waals surface area contributed by atoms with E-state index in [1.54, 1.807) is 18.4 Å². The molecule has 16 heavy (non-hydrogen) atoms. The van der Waals surface area contributed by atoms with Gasteiger partial charge in [-0.15, -0.1) is 11.3 Å². The van der Waals surface area contributed by atoms with Gasteiger partial charge >= 0.3 is 0 Å². The Kier molecular flexibility index (Phi) is 2.79. The fourth-order valence-corrected chi connectivity index (χ4v) is 3.23. The summed E-state index contributed by atoms with van der Waals surface area (Å²) in [6, 6.07) is 1.99. The van der Waals surface area contributed by atoms with Gasteiger partial charge in [0.05, 0.1) is 12.0 Å². The van der Waals surface area contributed by atoms with Crippen LogP contribution in [0.4, 0.5) is 0 Å². The van der Waals surface area contributed by atoms with Gasteiger partial charge in [0.15, 0.2) is 5.96 Å². The van der Waals surface area contributed by atoms with Crippen LogP contribution in [0.2, 0.25) is 0 Å². The Labute approximate surface area is 106 Å². The normalized spacial score (nSPS) is 25.8. The van der Waals surface area contributed by atoms with Crippen LogP contribution >= 0.6 is 27.3 Å². The first-order chi connectivity index (χ1) is 7.42. The molecule has 6 heteroatoms. The number of rotatable bonds is 1. The molecule has 1 saturated heterocycles. The van der Waals surface area contributed by atoms with Gasteiger partial charge in [-0.25, -0.2) is 0 Å². The number of hydrogen-bond acceptors (Lipinski definition) is 3. The van der Waals surface area contributed by atoms with E-state index in [9.17, 15) is 4.79 Å². The number of halogens is 1. The summed E-state index contributed by atoms with van der Waals surface area (Å²) < 4.78 is 1.01. The van der Waals surface area contributed by atoms with Crippen LogP contribution in [0.3, 0.4) is 0 Å². The summed E-state index contributed by atoms with van der Waals surface area (Å²) in [5, 5.41) is 12.8. The van der Waals surface area contributed by atoms with Gasteiger partial charge in [-0.1, -0.05) is 0 Å². The van der Waals surface area contributed by atoms with E-state index in [0.29, 0.717) is 6.42 Å². The molecule has 0 saturated carbocycles. The summed E-state index contributed by atoms with van der Waals surface area (Å²) in [4.78, 5) is 14.1. The summed E-state index contributed by atoms with van der Waals surface area (Å²) in [7, 11) is 1.61. The van der Waals surface area contributed by atoms with Crippen molar-refractivity contribution in [2.45, 2.75) is 18.9 Å². The van der Waals surface area contributed by atoms with Crippen molar-refractivity contribution >= 4 is 39.1 Å². The number of nitrogens with zero attached hydrogens (tertiary/aromatic N) is 1. The Balaban J connectivity index is 2.33. The fraction of sp³-hybridized carbons (Fsp3) is 0.400. The lowest BCUT2D eigenvalue weighted by Crippen LogP contribution is -2.57. The lowest BCUT2D eigenvalue weighted by molar-refractivity contribution is -0.129. The van der Waals surface area contributed by atoms with Crippen LogP contribution in [0, 0.1) is 5.41 Å². The van der Waals surface area contributed by atoms with Gasteiger partial charge in [0, 0.05) is 21.8 Å². The molecule has 0 radical (unpaired) electrons. The van der Waals surface area contributed by atoms with Crippen molar-refractivity contribution in [2.24, 2.45) is 0 Å². The van der Waals surface area contributed by atoms with Crippen molar-refractivity contribution < 1.29 is 4.79 Å². The molecule has 2 rings (SSSR count). The van der Waals surface area contributed by atoms with Crippen LogP contribution < -0.4 is 5.32 Å². The highest BCUT2D eigenvalue weighted by Crippen LogP contribution is 2.34. The summed E-state index contributed by atoms with van der Waals surface area (Å²) in [5.74, 6) is 0.124. The molecule has 2 heterocycles. The van der Waals surface area contributed by atoms with Crippen LogP contribution in [-0.4, -0.2) is 23.8 Å². The number of thiophene rings is 1. The zero-order valence-electron chi connectivity index (χ0n) is 9.00. The van der Waals surface area contributed by atoms with Gasteiger partial charge in [0.1, 0.15) is 0 Å². The van der Waals surface area contributed by atoms with Crippen molar-refractivity contribution in [1.82, 2.24) is 10.2 Å². The molecule has 2 N–H and O–H groups in total. The summed E-state index contributed by atoms with van der Waals surface area (Å²) in [5.41, 5.74) is -0.461. The predicted octanol–water partition coefficient (Wildman–Crippen LogP) is 2.11. The van der Waals surface area contributed by atoms with E-state index in [1.807, 2.05) is 18.4 Å². The van der Waals surface area contributed by atoms with Crippen molar-refractivity contribution in [2.75, 3.05) is 7.05 Å². The summed E-state index contributed by atoms with van der Waals surface area (Å²) in [6.45, 7) is 1.95. The standard InChI is InChI=1S/C10H12BrN3OS/c1-10(7-3-6(11)5-16-7)4-8(15)14(2)9(12)13-10/h3,5H,4H2,1-2H3,(H2,12,13)/t10-/m0/s1. The quantitative estimate of drug-likeness (QED) is 0.835. The van der Waals surface area contributed by atoms with Crippen LogP contribution in [0.15, 0.2) is 15.9 Å². The smallest absolute Gasteiger partial charge is 0.231 e. The Morgan fingerprint density at radius 3 is 2.88 bits per heavy atom. The molecule has 0 spiro atoms. The number of guanidine groups is 1. The minimum absolute atomic E-state index is 0.0317. The first-order valence-electron chi connectivity index (χ1n) is 4.80. The SMILES string of the molecule is CN1C(=N)N[C@](C)(c2cc(Br)cs2)CC1=O. The van der Waals surface area contributed by atoms with Crippen LogP contribution in [0.5, 0.6) is 0 Å². The molecule has 1 amide bonds. The zero-order chi connectivity index (χ0) is 11.9. The number of amides is 1. The summed E-state index contributed by atoms with van der Waals surface area (Å²) >= 11 is 4.98. The van der Waals surface area contributed by atoms with E-state index >= 15 is 0 Å². The zero-order valence-corrected chi connectivity index (χ0v) is 11.4.